The molecule has 2 aliphatic heterocycles. The van der Waals surface area contributed by atoms with Gasteiger partial charge in [-0.25, -0.2) is 0 Å². The van der Waals surface area contributed by atoms with Crippen molar-refractivity contribution in [1.82, 2.24) is 15.1 Å². The van der Waals surface area contributed by atoms with E-state index in [0.29, 0.717) is 12.5 Å². The summed E-state index contributed by atoms with van der Waals surface area (Å²) < 4.78 is 0. The Bertz CT molecular complexity index is 381. The third-order valence-corrected chi connectivity index (χ3v) is 4.60. The zero-order valence-electron chi connectivity index (χ0n) is 11.6. The number of nitrogens with one attached hydrogen (secondary N) is 1. The van der Waals surface area contributed by atoms with E-state index in [4.69, 9.17) is 0 Å². The zero-order valence-corrected chi connectivity index (χ0v) is 11.6. The molecule has 2 atom stereocenters. The van der Waals surface area contributed by atoms with Crippen molar-refractivity contribution in [3.8, 4) is 0 Å². The van der Waals surface area contributed by atoms with Gasteiger partial charge in [-0.05, 0) is 38.8 Å². The lowest BCUT2D eigenvalue weighted by Crippen LogP contribution is -2.45. The monoisotopic (exact) mass is 265 g/mol. The SMILES string of the molecule is CCN1CCCC1CNC1CC(=O)N(C2CC2)C1=O. The quantitative estimate of drug-likeness (QED) is 0.729. The van der Waals surface area contributed by atoms with Crippen LogP contribution in [0.3, 0.4) is 0 Å². The Morgan fingerprint density at radius 3 is 2.74 bits per heavy atom. The first-order chi connectivity index (χ1) is 9.20. The molecule has 0 aromatic rings. The molecule has 0 aromatic carbocycles. The molecule has 1 aliphatic carbocycles. The summed E-state index contributed by atoms with van der Waals surface area (Å²) in [6, 6.07) is 0.473. The molecular weight excluding hydrogens is 242 g/mol. The maximum Gasteiger partial charge on any atom is 0.247 e. The highest BCUT2D eigenvalue weighted by molar-refractivity contribution is 6.06. The summed E-state index contributed by atoms with van der Waals surface area (Å²) in [6.45, 7) is 5.24. The van der Waals surface area contributed by atoms with Gasteiger partial charge in [0.05, 0.1) is 12.5 Å². The topological polar surface area (TPSA) is 52.7 Å². The maximum absolute atomic E-state index is 12.2. The lowest BCUT2D eigenvalue weighted by molar-refractivity contribution is -0.139. The van der Waals surface area contributed by atoms with E-state index in [0.717, 1.165) is 32.5 Å². The second-order valence-electron chi connectivity index (χ2n) is 5.92. The van der Waals surface area contributed by atoms with Gasteiger partial charge in [0, 0.05) is 18.6 Å². The van der Waals surface area contributed by atoms with Crippen molar-refractivity contribution >= 4 is 11.8 Å². The second-order valence-corrected chi connectivity index (χ2v) is 5.92. The molecule has 1 N–H and O–H groups in total. The molecule has 2 unspecified atom stereocenters. The Kier molecular flexibility index (Phi) is 3.58. The fourth-order valence-electron chi connectivity index (χ4n) is 3.35. The van der Waals surface area contributed by atoms with Crippen molar-refractivity contribution in [2.24, 2.45) is 0 Å². The van der Waals surface area contributed by atoms with Gasteiger partial charge in [0.1, 0.15) is 0 Å². The molecule has 1 saturated carbocycles. The van der Waals surface area contributed by atoms with Crippen LogP contribution in [0.5, 0.6) is 0 Å². The highest BCUT2D eigenvalue weighted by Crippen LogP contribution is 2.31. The molecule has 3 rings (SSSR count). The van der Waals surface area contributed by atoms with Gasteiger partial charge in [0.2, 0.25) is 11.8 Å². The van der Waals surface area contributed by atoms with Gasteiger partial charge in [0.15, 0.2) is 0 Å². The van der Waals surface area contributed by atoms with Crippen molar-refractivity contribution in [2.75, 3.05) is 19.6 Å². The molecule has 0 radical (unpaired) electrons. The fraction of sp³-hybridized carbons (Fsp3) is 0.857. The van der Waals surface area contributed by atoms with Crippen LogP contribution < -0.4 is 5.32 Å². The third kappa shape index (κ3) is 2.54. The average molecular weight is 265 g/mol. The Morgan fingerprint density at radius 1 is 1.26 bits per heavy atom. The maximum atomic E-state index is 12.2. The molecule has 19 heavy (non-hydrogen) atoms. The number of nitrogens with zero attached hydrogens (tertiary/aromatic N) is 2. The van der Waals surface area contributed by atoms with Crippen LogP contribution in [0.2, 0.25) is 0 Å². The number of amides is 2. The molecule has 2 saturated heterocycles. The van der Waals surface area contributed by atoms with Gasteiger partial charge in [0.25, 0.3) is 0 Å². The summed E-state index contributed by atoms with van der Waals surface area (Å²) in [7, 11) is 0. The Balaban J connectivity index is 1.53. The number of likely N-dealkylation sites (tertiary alicyclic amines) is 2. The molecule has 2 heterocycles. The smallest absolute Gasteiger partial charge is 0.247 e. The Labute approximate surface area is 114 Å². The van der Waals surface area contributed by atoms with E-state index < -0.39 is 0 Å². The predicted molar refractivity (Wildman–Crippen MR) is 71.6 cm³/mol. The second kappa shape index (κ2) is 5.21. The lowest BCUT2D eigenvalue weighted by atomic mass is 10.2. The van der Waals surface area contributed by atoms with Crippen LogP contribution in [0.15, 0.2) is 0 Å². The van der Waals surface area contributed by atoms with Crippen LogP contribution in [-0.4, -0.2) is 59.4 Å². The summed E-state index contributed by atoms with van der Waals surface area (Å²) in [5.41, 5.74) is 0. The van der Waals surface area contributed by atoms with Crippen LogP contribution in [0.1, 0.15) is 39.0 Å². The first-order valence-electron chi connectivity index (χ1n) is 7.54. The summed E-state index contributed by atoms with van der Waals surface area (Å²) in [5, 5.41) is 3.33. The van der Waals surface area contributed by atoms with E-state index in [9.17, 15) is 9.59 Å². The number of likely N-dealkylation sites (N-methyl/N-ethyl adjacent to an activating group) is 1. The zero-order chi connectivity index (χ0) is 13.4. The number of hydrogen-bond acceptors (Lipinski definition) is 4. The highest BCUT2D eigenvalue weighted by Gasteiger charge is 2.46. The van der Waals surface area contributed by atoms with Gasteiger partial charge in [-0.1, -0.05) is 6.92 Å². The van der Waals surface area contributed by atoms with E-state index in [1.54, 1.807) is 0 Å². The van der Waals surface area contributed by atoms with Crippen molar-refractivity contribution in [3.05, 3.63) is 0 Å². The van der Waals surface area contributed by atoms with Gasteiger partial charge in [-0.2, -0.15) is 0 Å². The van der Waals surface area contributed by atoms with Crippen LogP contribution in [-0.2, 0) is 9.59 Å². The molecule has 0 aromatic heterocycles. The minimum absolute atomic E-state index is 0.00791. The van der Waals surface area contributed by atoms with Crippen molar-refractivity contribution in [2.45, 2.75) is 57.2 Å². The molecule has 5 heteroatoms. The molecule has 3 fully saturated rings. The summed E-state index contributed by atoms with van der Waals surface area (Å²) >= 11 is 0. The first kappa shape index (κ1) is 13.1. The van der Waals surface area contributed by atoms with E-state index >= 15 is 0 Å². The van der Waals surface area contributed by atoms with Crippen LogP contribution in [0, 0.1) is 0 Å². The van der Waals surface area contributed by atoms with E-state index in [1.165, 1.54) is 17.7 Å². The number of carbonyl (C=O) groups excluding carboxylic acids is 2. The minimum atomic E-state index is -0.271. The Hall–Kier alpha value is -0.940. The van der Waals surface area contributed by atoms with Crippen LogP contribution >= 0.6 is 0 Å². The summed E-state index contributed by atoms with van der Waals surface area (Å²) in [6.07, 6.45) is 4.79. The molecule has 3 aliphatic rings. The minimum Gasteiger partial charge on any atom is -0.304 e. The first-order valence-corrected chi connectivity index (χ1v) is 7.54. The normalized spacial score (nSPS) is 32.6. The standard InChI is InChI=1S/C14H23N3O2/c1-2-16-7-3-4-11(16)9-15-12-8-13(18)17(14(12)19)10-5-6-10/h10-12,15H,2-9H2,1H3. The van der Waals surface area contributed by atoms with E-state index in [2.05, 4.69) is 17.1 Å². The van der Waals surface area contributed by atoms with Gasteiger partial charge < -0.3 is 5.32 Å². The van der Waals surface area contributed by atoms with Crippen molar-refractivity contribution < 1.29 is 9.59 Å². The fourth-order valence-corrected chi connectivity index (χ4v) is 3.35. The number of rotatable bonds is 5. The van der Waals surface area contributed by atoms with Crippen molar-refractivity contribution in [3.63, 3.8) is 0 Å². The van der Waals surface area contributed by atoms with Gasteiger partial charge in [-0.15, -0.1) is 0 Å². The van der Waals surface area contributed by atoms with Gasteiger partial charge >= 0.3 is 0 Å². The molecule has 2 amide bonds. The summed E-state index contributed by atoms with van der Waals surface area (Å²) in [5.74, 6) is 0.0253. The number of carbonyl (C=O) groups is 2. The molecule has 106 valence electrons. The molecule has 5 nitrogen and oxygen atoms in total. The largest absolute Gasteiger partial charge is 0.304 e. The summed E-state index contributed by atoms with van der Waals surface area (Å²) in [4.78, 5) is 28.0. The predicted octanol–water partition coefficient (Wildman–Crippen LogP) is 0.350. The van der Waals surface area contributed by atoms with Crippen molar-refractivity contribution in [1.29, 1.82) is 0 Å². The highest BCUT2D eigenvalue weighted by atomic mass is 16.2. The van der Waals surface area contributed by atoms with E-state index in [-0.39, 0.29) is 23.9 Å². The van der Waals surface area contributed by atoms with Crippen LogP contribution in [0.25, 0.3) is 0 Å². The average Bonchev–Trinajstić information content (AvgIpc) is 3.04. The third-order valence-electron chi connectivity index (χ3n) is 4.60. The molecular formula is C14H23N3O2. The van der Waals surface area contributed by atoms with Crippen LogP contribution in [0.4, 0.5) is 0 Å². The molecule has 0 spiro atoms. The lowest BCUT2D eigenvalue weighted by Gasteiger charge is -2.24. The van der Waals surface area contributed by atoms with Gasteiger partial charge in [-0.3, -0.25) is 19.4 Å². The molecule has 0 bridgehead atoms. The number of imide groups is 1. The number of hydrogen-bond donors (Lipinski definition) is 1. The Morgan fingerprint density at radius 2 is 2.05 bits per heavy atom. The van der Waals surface area contributed by atoms with E-state index in [1.807, 2.05) is 0 Å².